The molecule has 8 nitrogen and oxygen atoms in total. The Hall–Kier alpha value is -3.88. The molecule has 2 aromatic rings. The summed E-state index contributed by atoms with van der Waals surface area (Å²) in [4.78, 5) is 23.8. The van der Waals surface area contributed by atoms with Gasteiger partial charge in [-0.15, -0.1) is 6.42 Å². The first-order chi connectivity index (χ1) is 15.3. The van der Waals surface area contributed by atoms with Crippen LogP contribution in [0.4, 0.5) is 23.2 Å². The van der Waals surface area contributed by atoms with E-state index in [1.807, 2.05) is 0 Å². The van der Waals surface area contributed by atoms with Gasteiger partial charge in [0.1, 0.15) is 11.8 Å². The molecule has 0 spiro atoms. The van der Waals surface area contributed by atoms with Crippen molar-refractivity contribution in [2.45, 2.75) is 24.5 Å². The largest absolute Gasteiger partial charge is 0.463 e. The minimum absolute atomic E-state index is 0.0520. The van der Waals surface area contributed by atoms with Crippen LogP contribution in [0.3, 0.4) is 0 Å². The number of nitrogens with zero attached hydrogens (tertiary/aromatic N) is 3. The molecule has 1 amide bonds. The molecule has 166 valence electrons. The Morgan fingerprint density at radius 3 is 2.81 bits per heavy atom. The molecular weight excluding hydrogens is 434 g/mol. The molecule has 4 rings (SSSR count). The van der Waals surface area contributed by atoms with Crippen LogP contribution in [0.15, 0.2) is 29.5 Å². The average Bonchev–Trinajstić information content (AvgIpc) is 3.54. The number of fused-ring (bicyclic) bond motifs is 1. The highest BCUT2D eigenvalue weighted by atomic mass is 19.3. The zero-order valence-electron chi connectivity index (χ0n) is 16.2. The van der Waals surface area contributed by atoms with Gasteiger partial charge in [0.25, 0.3) is 18.4 Å². The van der Waals surface area contributed by atoms with Crippen molar-refractivity contribution < 1.29 is 31.8 Å². The molecular formula is C20H15F4N5O3. The molecule has 1 saturated carbocycles. The lowest BCUT2D eigenvalue weighted by atomic mass is 9.84. The molecule has 1 aliphatic heterocycles. The van der Waals surface area contributed by atoms with E-state index in [-0.39, 0.29) is 30.3 Å². The number of nitrogens with one attached hydrogen (secondary N) is 1. The van der Waals surface area contributed by atoms with Gasteiger partial charge in [-0.25, -0.2) is 32.5 Å². The van der Waals surface area contributed by atoms with Gasteiger partial charge >= 0.3 is 0 Å². The number of carbonyl (C=O) groups excluding carboxylic acids is 1. The molecule has 12 heteroatoms. The van der Waals surface area contributed by atoms with Gasteiger partial charge in [-0.2, -0.15) is 0 Å². The number of alkyl halides is 2. The third kappa shape index (κ3) is 3.66. The maximum atomic E-state index is 14.7. The van der Waals surface area contributed by atoms with E-state index in [0.717, 1.165) is 18.5 Å². The highest BCUT2D eigenvalue weighted by molar-refractivity contribution is 6.02. The molecule has 1 unspecified atom stereocenters. The Kier molecular flexibility index (Phi) is 5.33. The van der Waals surface area contributed by atoms with Gasteiger partial charge < -0.3 is 20.5 Å². The Balaban J connectivity index is 1.65. The Labute approximate surface area is 178 Å². The van der Waals surface area contributed by atoms with Crippen LogP contribution >= 0.6 is 0 Å². The van der Waals surface area contributed by atoms with Crippen molar-refractivity contribution in [3.63, 3.8) is 0 Å². The molecule has 0 radical (unpaired) electrons. The van der Waals surface area contributed by atoms with Gasteiger partial charge in [0, 0.05) is 23.2 Å². The standard InChI is InChI=1S/C20H15F4N5O3/c1-2-3-31-15-8-26-13(7-27-15)17(30)28-9-4-11(16(22)12(21)5-9)20(18(23)24)10-6-14(10)32-19(25)29-20/h1,4-5,7-8,10,14,18H,3,6H2,(H2,25,29)(H,28,30)/t10?,14-,20+/m1/s1. The number of terminal acetylenes is 1. The summed E-state index contributed by atoms with van der Waals surface area (Å²) in [6, 6.07) is 1.02. The number of nitrogens with two attached hydrogens (primary N) is 1. The minimum Gasteiger partial charge on any atom is -0.463 e. The van der Waals surface area contributed by atoms with Crippen molar-refractivity contribution in [3.05, 3.63) is 47.4 Å². The van der Waals surface area contributed by atoms with Gasteiger partial charge in [-0.3, -0.25) is 4.79 Å². The van der Waals surface area contributed by atoms with Gasteiger partial charge in [0.05, 0.1) is 12.4 Å². The first-order valence-electron chi connectivity index (χ1n) is 9.25. The summed E-state index contributed by atoms with van der Waals surface area (Å²) < 4.78 is 67.5. The van der Waals surface area contributed by atoms with Crippen LogP contribution in [-0.4, -0.2) is 41.0 Å². The second-order valence-electron chi connectivity index (χ2n) is 7.08. The summed E-state index contributed by atoms with van der Waals surface area (Å²) >= 11 is 0. The molecule has 3 N–H and O–H groups in total. The number of benzene rings is 1. The van der Waals surface area contributed by atoms with Crippen LogP contribution in [0.25, 0.3) is 0 Å². The van der Waals surface area contributed by atoms with E-state index in [4.69, 9.17) is 21.6 Å². The summed E-state index contributed by atoms with van der Waals surface area (Å²) in [5.74, 6) is -2.39. The second-order valence-corrected chi connectivity index (χ2v) is 7.08. The third-order valence-corrected chi connectivity index (χ3v) is 5.08. The number of hydrogen-bond donors (Lipinski definition) is 2. The molecule has 32 heavy (non-hydrogen) atoms. The zero-order chi connectivity index (χ0) is 23.0. The van der Waals surface area contributed by atoms with E-state index in [1.54, 1.807) is 0 Å². The normalized spacial score (nSPS) is 23.4. The van der Waals surface area contributed by atoms with E-state index >= 15 is 0 Å². The quantitative estimate of drug-likeness (QED) is 0.517. The Morgan fingerprint density at radius 2 is 2.16 bits per heavy atom. The fraction of sp³-hybridized carbons (Fsp3) is 0.300. The molecule has 1 fully saturated rings. The van der Waals surface area contributed by atoms with Crippen LogP contribution in [0.1, 0.15) is 22.5 Å². The van der Waals surface area contributed by atoms with Crippen LogP contribution in [0.5, 0.6) is 5.88 Å². The van der Waals surface area contributed by atoms with Crippen molar-refractivity contribution in [2.24, 2.45) is 16.6 Å². The SMILES string of the molecule is C#CCOc1cnc(C(=O)Nc2cc(F)c(F)c([C@@]3(C(F)F)N=C(N)O[C@@H]4CC43)c2)cn1. The topological polar surface area (TPSA) is 112 Å². The van der Waals surface area contributed by atoms with Crippen molar-refractivity contribution in [1.82, 2.24) is 9.97 Å². The summed E-state index contributed by atoms with van der Waals surface area (Å²) in [6.45, 7) is -0.0520. The molecule has 2 heterocycles. The molecule has 0 bridgehead atoms. The molecule has 1 aromatic heterocycles. The Bertz CT molecular complexity index is 1140. The number of halogens is 4. The van der Waals surface area contributed by atoms with Crippen molar-refractivity contribution in [2.75, 3.05) is 11.9 Å². The van der Waals surface area contributed by atoms with Crippen LogP contribution in [0, 0.1) is 29.9 Å². The predicted molar refractivity (Wildman–Crippen MR) is 103 cm³/mol. The Morgan fingerprint density at radius 1 is 1.38 bits per heavy atom. The number of hydrogen-bond acceptors (Lipinski definition) is 7. The number of carbonyl (C=O) groups is 1. The highest BCUT2D eigenvalue weighted by Crippen LogP contribution is 2.56. The van der Waals surface area contributed by atoms with Crippen molar-refractivity contribution in [3.8, 4) is 18.2 Å². The summed E-state index contributed by atoms with van der Waals surface area (Å²) in [5.41, 5.74) is 1.86. The van der Waals surface area contributed by atoms with Crippen molar-refractivity contribution >= 4 is 17.6 Å². The number of ether oxygens (including phenoxy) is 2. The maximum absolute atomic E-state index is 14.7. The molecule has 0 saturated heterocycles. The molecule has 1 aliphatic carbocycles. The summed E-state index contributed by atoms with van der Waals surface area (Å²) in [7, 11) is 0. The number of anilines is 1. The monoisotopic (exact) mass is 449 g/mol. The van der Waals surface area contributed by atoms with Gasteiger partial charge in [0.15, 0.2) is 23.8 Å². The van der Waals surface area contributed by atoms with E-state index < -0.39 is 53.1 Å². The molecule has 1 aromatic carbocycles. The van der Waals surface area contributed by atoms with E-state index in [1.165, 1.54) is 0 Å². The zero-order valence-corrected chi connectivity index (χ0v) is 16.2. The van der Waals surface area contributed by atoms with Gasteiger partial charge in [-0.05, 0) is 12.5 Å². The molecule has 3 atom stereocenters. The number of aliphatic imine (C=N–C) groups is 1. The number of amidine groups is 1. The van der Waals surface area contributed by atoms with Gasteiger partial charge in [0.2, 0.25) is 5.88 Å². The summed E-state index contributed by atoms with van der Waals surface area (Å²) in [5, 5.41) is 2.29. The van der Waals surface area contributed by atoms with E-state index in [0.29, 0.717) is 6.07 Å². The van der Waals surface area contributed by atoms with Gasteiger partial charge in [-0.1, -0.05) is 5.92 Å². The number of rotatable bonds is 6. The predicted octanol–water partition coefficient (Wildman–Crippen LogP) is 2.21. The smallest absolute Gasteiger partial charge is 0.283 e. The van der Waals surface area contributed by atoms with Crippen molar-refractivity contribution in [1.29, 1.82) is 0 Å². The molecule has 2 aliphatic rings. The number of amides is 1. The van der Waals surface area contributed by atoms with E-state index in [9.17, 15) is 22.4 Å². The average molecular weight is 449 g/mol. The van der Waals surface area contributed by atoms with Crippen LogP contribution in [0.2, 0.25) is 0 Å². The lowest BCUT2D eigenvalue weighted by molar-refractivity contribution is 0.0173. The van der Waals surface area contributed by atoms with Crippen LogP contribution in [-0.2, 0) is 10.3 Å². The van der Waals surface area contributed by atoms with Crippen LogP contribution < -0.4 is 15.8 Å². The first kappa shape index (κ1) is 21.4. The maximum Gasteiger partial charge on any atom is 0.283 e. The van der Waals surface area contributed by atoms with E-state index in [2.05, 4.69) is 26.2 Å². The lowest BCUT2D eigenvalue weighted by Gasteiger charge is -2.33. The third-order valence-electron chi connectivity index (χ3n) is 5.08. The summed E-state index contributed by atoms with van der Waals surface area (Å²) in [6.07, 6.45) is 3.54. The fourth-order valence-corrected chi connectivity index (χ4v) is 3.57. The fourth-order valence-electron chi connectivity index (χ4n) is 3.57. The first-order valence-corrected chi connectivity index (χ1v) is 9.25. The minimum atomic E-state index is -3.21. The number of aromatic nitrogens is 2. The highest BCUT2D eigenvalue weighted by Gasteiger charge is 2.64. The lowest BCUT2D eigenvalue weighted by Crippen LogP contribution is -2.43. The second kappa shape index (κ2) is 7.99.